The van der Waals surface area contributed by atoms with Crippen molar-refractivity contribution in [2.75, 3.05) is 31.1 Å². The van der Waals surface area contributed by atoms with E-state index in [9.17, 15) is 18.0 Å². The predicted octanol–water partition coefficient (Wildman–Crippen LogP) is 2.15. The van der Waals surface area contributed by atoms with Gasteiger partial charge in [-0.2, -0.15) is 0 Å². The van der Waals surface area contributed by atoms with Crippen molar-refractivity contribution >= 4 is 21.7 Å². The lowest BCUT2D eigenvalue weighted by Crippen LogP contribution is -2.43. The minimum atomic E-state index is -3.01. The molecule has 6 nitrogen and oxygen atoms in total. The van der Waals surface area contributed by atoms with Gasteiger partial charge in [-0.05, 0) is 45.4 Å². The largest absolute Gasteiger partial charge is 0.342 e. The van der Waals surface area contributed by atoms with Gasteiger partial charge in [-0.25, -0.2) is 8.42 Å². The van der Waals surface area contributed by atoms with Crippen LogP contribution in [0.5, 0.6) is 0 Å². The van der Waals surface area contributed by atoms with Crippen LogP contribution in [0.1, 0.15) is 58.8 Å². The van der Waals surface area contributed by atoms with Crippen molar-refractivity contribution in [3.05, 3.63) is 11.6 Å². The molecule has 2 amide bonds. The fourth-order valence-corrected chi connectivity index (χ4v) is 5.60. The summed E-state index contributed by atoms with van der Waals surface area (Å²) in [6.45, 7) is 4.98. The van der Waals surface area contributed by atoms with Crippen LogP contribution in [-0.2, 0) is 19.4 Å². The quantitative estimate of drug-likeness (QED) is 0.601. The first-order chi connectivity index (χ1) is 12.3. The van der Waals surface area contributed by atoms with Crippen molar-refractivity contribution in [1.29, 1.82) is 0 Å². The molecule has 0 aromatic rings. The Kier molecular flexibility index (Phi) is 7.68. The lowest BCUT2D eigenvalue weighted by Gasteiger charge is -2.28. The summed E-state index contributed by atoms with van der Waals surface area (Å²) in [5.74, 6) is 0.159. The van der Waals surface area contributed by atoms with Gasteiger partial charge in [0.05, 0.1) is 11.5 Å². The van der Waals surface area contributed by atoms with E-state index in [0.717, 1.165) is 19.3 Å². The molecule has 1 heterocycles. The maximum absolute atomic E-state index is 12.6. The number of hydrogen-bond acceptors (Lipinski definition) is 4. The highest BCUT2D eigenvalue weighted by atomic mass is 32.2. The highest BCUT2D eigenvalue weighted by molar-refractivity contribution is 7.91. The zero-order valence-corrected chi connectivity index (χ0v) is 16.9. The normalized spacial score (nSPS) is 21.9. The molecule has 1 aliphatic heterocycles. The van der Waals surface area contributed by atoms with Gasteiger partial charge in [0.1, 0.15) is 0 Å². The van der Waals surface area contributed by atoms with Gasteiger partial charge in [0.15, 0.2) is 9.84 Å². The lowest BCUT2D eigenvalue weighted by molar-refractivity contribution is -0.134. The van der Waals surface area contributed by atoms with Crippen LogP contribution in [0, 0.1) is 0 Å². The molecule has 1 fully saturated rings. The molecule has 2 aliphatic rings. The first-order valence-corrected chi connectivity index (χ1v) is 11.6. The molecular weight excluding hydrogens is 352 g/mol. The van der Waals surface area contributed by atoms with E-state index < -0.39 is 9.84 Å². The summed E-state index contributed by atoms with van der Waals surface area (Å²) < 4.78 is 23.4. The van der Waals surface area contributed by atoms with Crippen LogP contribution in [0.2, 0.25) is 0 Å². The van der Waals surface area contributed by atoms with Crippen LogP contribution in [0.15, 0.2) is 11.6 Å². The third-order valence-corrected chi connectivity index (χ3v) is 7.19. The maximum atomic E-state index is 12.6. The van der Waals surface area contributed by atoms with Gasteiger partial charge in [0.25, 0.3) is 0 Å². The summed E-state index contributed by atoms with van der Waals surface area (Å²) >= 11 is 0. The molecule has 0 saturated carbocycles. The first-order valence-electron chi connectivity index (χ1n) is 9.75. The Bertz CT molecular complexity index is 642. The van der Waals surface area contributed by atoms with Crippen molar-refractivity contribution in [3.63, 3.8) is 0 Å². The number of allylic oxidation sites excluding steroid dienone is 1. The third kappa shape index (κ3) is 6.11. The molecule has 7 heteroatoms. The highest BCUT2D eigenvalue weighted by Gasteiger charge is 2.33. The van der Waals surface area contributed by atoms with Crippen LogP contribution >= 0.6 is 0 Å². The summed E-state index contributed by atoms with van der Waals surface area (Å²) in [6.07, 6.45) is 8.65. The van der Waals surface area contributed by atoms with Crippen molar-refractivity contribution in [2.45, 2.75) is 64.8 Å². The van der Waals surface area contributed by atoms with E-state index >= 15 is 0 Å². The SMILES string of the molecule is CCN(C(=O)CCN(CCC1=CCCCC1)C(C)=O)C1CCS(=O)(=O)C1. The van der Waals surface area contributed by atoms with Crippen LogP contribution < -0.4 is 0 Å². The monoisotopic (exact) mass is 384 g/mol. The Labute approximate surface area is 157 Å². The maximum Gasteiger partial charge on any atom is 0.224 e. The molecule has 0 bridgehead atoms. The van der Waals surface area contributed by atoms with Crippen molar-refractivity contribution in [3.8, 4) is 0 Å². The zero-order chi connectivity index (χ0) is 19.2. The van der Waals surface area contributed by atoms with E-state index in [0.29, 0.717) is 26.1 Å². The molecule has 2 rings (SSSR count). The molecule has 0 radical (unpaired) electrons. The zero-order valence-electron chi connectivity index (χ0n) is 16.1. The number of sulfone groups is 1. The average molecular weight is 385 g/mol. The third-order valence-electron chi connectivity index (χ3n) is 5.44. The van der Waals surface area contributed by atoms with Crippen molar-refractivity contribution in [1.82, 2.24) is 9.80 Å². The second-order valence-corrected chi connectivity index (χ2v) is 9.58. The molecular formula is C19H32N2O4S. The molecule has 148 valence electrons. The minimum Gasteiger partial charge on any atom is -0.342 e. The topological polar surface area (TPSA) is 74.8 Å². The Morgan fingerprint density at radius 1 is 1.23 bits per heavy atom. The van der Waals surface area contributed by atoms with Crippen LogP contribution in [-0.4, -0.2) is 67.2 Å². The standard InChI is InChI=1S/C19H32N2O4S/c1-3-21(18-11-14-26(24,25)15-18)19(23)10-13-20(16(2)22)12-9-17-7-5-4-6-8-17/h7,18H,3-6,8-15H2,1-2H3. The van der Waals surface area contributed by atoms with Gasteiger partial charge in [-0.3, -0.25) is 9.59 Å². The minimum absolute atomic E-state index is 0.0132. The summed E-state index contributed by atoms with van der Waals surface area (Å²) in [6, 6.07) is -0.212. The van der Waals surface area contributed by atoms with E-state index in [2.05, 4.69) is 6.08 Å². The number of carbonyl (C=O) groups excluding carboxylic acids is 2. The van der Waals surface area contributed by atoms with Gasteiger partial charge >= 0.3 is 0 Å². The summed E-state index contributed by atoms with van der Waals surface area (Å²) in [7, 11) is -3.01. The Morgan fingerprint density at radius 3 is 2.54 bits per heavy atom. The van der Waals surface area contributed by atoms with Crippen molar-refractivity contribution < 1.29 is 18.0 Å². The number of rotatable bonds is 8. The van der Waals surface area contributed by atoms with E-state index in [1.54, 1.807) is 16.7 Å². The molecule has 0 aromatic carbocycles. The van der Waals surface area contributed by atoms with Crippen molar-refractivity contribution in [2.24, 2.45) is 0 Å². The van der Waals surface area contributed by atoms with Gasteiger partial charge in [0.2, 0.25) is 11.8 Å². The summed E-state index contributed by atoms with van der Waals surface area (Å²) in [5, 5.41) is 0. The molecule has 0 N–H and O–H groups in total. The van der Waals surface area contributed by atoms with Crippen LogP contribution in [0.3, 0.4) is 0 Å². The fraction of sp³-hybridized carbons (Fsp3) is 0.789. The molecule has 0 spiro atoms. The average Bonchev–Trinajstić information content (AvgIpc) is 2.95. The predicted molar refractivity (Wildman–Crippen MR) is 102 cm³/mol. The van der Waals surface area contributed by atoms with Gasteiger partial charge in [-0.15, -0.1) is 0 Å². The van der Waals surface area contributed by atoms with E-state index in [1.807, 2.05) is 6.92 Å². The van der Waals surface area contributed by atoms with Crippen LogP contribution in [0.25, 0.3) is 0 Å². The second-order valence-electron chi connectivity index (χ2n) is 7.35. The molecule has 1 saturated heterocycles. The summed E-state index contributed by atoms with van der Waals surface area (Å²) in [5.41, 5.74) is 1.42. The molecule has 1 aliphatic carbocycles. The Morgan fingerprint density at radius 2 is 2.00 bits per heavy atom. The molecule has 26 heavy (non-hydrogen) atoms. The Hall–Kier alpha value is -1.37. The van der Waals surface area contributed by atoms with Gasteiger partial charge in [-0.1, -0.05) is 11.6 Å². The number of hydrogen-bond donors (Lipinski definition) is 0. The molecule has 0 aromatic heterocycles. The highest BCUT2D eigenvalue weighted by Crippen LogP contribution is 2.21. The van der Waals surface area contributed by atoms with Gasteiger partial charge < -0.3 is 9.80 Å². The molecule has 1 unspecified atom stereocenters. The number of nitrogens with zero attached hydrogens (tertiary/aromatic N) is 2. The number of carbonyl (C=O) groups is 2. The van der Waals surface area contributed by atoms with E-state index in [1.165, 1.54) is 18.4 Å². The van der Waals surface area contributed by atoms with E-state index in [-0.39, 0.29) is 35.8 Å². The number of amides is 2. The first kappa shape index (κ1) is 20.9. The van der Waals surface area contributed by atoms with Gasteiger partial charge in [0, 0.05) is 39.0 Å². The Balaban J connectivity index is 1.85. The van der Waals surface area contributed by atoms with E-state index in [4.69, 9.17) is 0 Å². The van der Waals surface area contributed by atoms with Crippen LogP contribution in [0.4, 0.5) is 0 Å². The summed E-state index contributed by atoms with van der Waals surface area (Å²) in [4.78, 5) is 27.9. The smallest absolute Gasteiger partial charge is 0.224 e. The molecule has 1 atom stereocenters. The second kappa shape index (κ2) is 9.53. The lowest BCUT2D eigenvalue weighted by atomic mass is 9.97. The fourth-order valence-electron chi connectivity index (χ4n) is 3.87.